The van der Waals surface area contributed by atoms with Crippen LogP contribution in [-0.4, -0.2) is 56.6 Å². The Labute approximate surface area is 219 Å². The van der Waals surface area contributed by atoms with Crippen LogP contribution in [0.2, 0.25) is 0 Å². The fraction of sp³-hybridized carbons (Fsp3) is 0.200. The number of nitrogens with zero attached hydrogens (tertiary/aromatic N) is 1. The lowest BCUT2D eigenvalue weighted by Crippen LogP contribution is -2.33. The lowest BCUT2D eigenvalue weighted by molar-refractivity contribution is -0.142. The third kappa shape index (κ3) is 6.03. The zero-order valence-electron chi connectivity index (χ0n) is 20.3. The van der Waals surface area contributed by atoms with Gasteiger partial charge in [0.15, 0.2) is 12.1 Å². The van der Waals surface area contributed by atoms with Crippen molar-refractivity contribution in [2.75, 3.05) is 6.54 Å². The number of amides is 2. The highest BCUT2D eigenvalue weighted by atomic mass is 16.5. The molecule has 0 fully saturated rings. The molecule has 1 aliphatic heterocycles. The first kappa shape index (κ1) is 26.5. The second kappa shape index (κ2) is 11.6. The van der Waals surface area contributed by atoms with Gasteiger partial charge in [-0.05, 0) is 41.8 Å². The Morgan fingerprint density at radius 2 is 1.37 bits per heavy atom. The molecule has 0 saturated heterocycles. The van der Waals surface area contributed by atoms with Gasteiger partial charge in [0.2, 0.25) is 0 Å². The summed E-state index contributed by atoms with van der Waals surface area (Å²) in [6, 6.07) is 20.6. The lowest BCUT2D eigenvalue weighted by Gasteiger charge is -2.17. The highest BCUT2D eigenvalue weighted by molar-refractivity contribution is 6.21. The molecular formula is C30H25NO7. The molecule has 8 nitrogen and oxygen atoms in total. The van der Waals surface area contributed by atoms with E-state index in [4.69, 9.17) is 10.2 Å². The smallest absolute Gasteiger partial charge is 0.307 e. The van der Waals surface area contributed by atoms with Crippen LogP contribution in [-0.2, 0) is 4.79 Å². The number of carboxylic acids is 1. The molecule has 2 amide bonds. The molecule has 0 saturated carbocycles. The number of Topliss-reactive ketones (excluding diaryl/α,β-unsaturated/α-hetero) is 1. The Hall–Kier alpha value is -4.58. The van der Waals surface area contributed by atoms with Crippen molar-refractivity contribution in [3.05, 3.63) is 95.1 Å². The van der Waals surface area contributed by atoms with Crippen molar-refractivity contribution >= 4 is 23.6 Å². The Kier molecular flexibility index (Phi) is 8.12. The summed E-state index contributed by atoms with van der Waals surface area (Å²) in [5.74, 6) is 2.04. The van der Waals surface area contributed by atoms with Gasteiger partial charge < -0.3 is 15.3 Å². The molecule has 0 bridgehead atoms. The second-order valence-electron chi connectivity index (χ2n) is 8.90. The van der Waals surface area contributed by atoms with Gasteiger partial charge in [-0.3, -0.25) is 24.1 Å². The quantitative estimate of drug-likeness (QED) is 0.174. The van der Waals surface area contributed by atoms with E-state index in [0.717, 1.165) is 21.6 Å². The summed E-state index contributed by atoms with van der Waals surface area (Å²) >= 11 is 0. The number of hydrogen-bond donors (Lipinski definition) is 3. The van der Waals surface area contributed by atoms with Gasteiger partial charge >= 0.3 is 5.97 Å². The first-order valence-electron chi connectivity index (χ1n) is 12.0. The third-order valence-electron chi connectivity index (χ3n) is 6.30. The van der Waals surface area contributed by atoms with Crippen LogP contribution in [0, 0.1) is 17.8 Å². The SMILES string of the molecule is O=C(CC(CCN1C(=O)c2ccccc2C1=O)C(=O)O)c1ccc(-c2ccc(C#CCC(O)O)cc2)cc1. The Bertz CT molecular complexity index is 1390. The predicted octanol–water partition coefficient (Wildman–Crippen LogP) is 3.37. The molecule has 8 heteroatoms. The van der Waals surface area contributed by atoms with Gasteiger partial charge in [-0.15, -0.1) is 0 Å². The fourth-order valence-corrected chi connectivity index (χ4v) is 4.22. The number of aliphatic hydroxyl groups is 2. The standard InChI is InChI=1S/C30H25NO7/c32-26(18-23(30(37)38)16-17-31-28(35)24-5-1-2-6-25(24)29(31)36)22-14-12-21(13-15-22)20-10-8-19(9-11-20)4-3-7-27(33)34/h1-2,5-6,8-15,23,27,33-34H,7,16-18H2,(H,37,38). The van der Waals surface area contributed by atoms with Gasteiger partial charge in [0.05, 0.1) is 23.5 Å². The number of rotatable bonds is 9. The molecule has 0 spiro atoms. The number of imide groups is 1. The van der Waals surface area contributed by atoms with Crippen molar-refractivity contribution in [3.63, 3.8) is 0 Å². The van der Waals surface area contributed by atoms with Crippen molar-refractivity contribution < 1.29 is 34.5 Å². The van der Waals surface area contributed by atoms with E-state index in [0.29, 0.717) is 16.7 Å². The van der Waals surface area contributed by atoms with Gasteiger partial charge in [0, 0.05) is 24.1 Å². The number of carboxylic acid groups (broad SMARTS) is 1. The van der Waals surface area contributed by atoms with Crippen molar-refractivity contribution in [2.24, 2.45) is 5.92 Å². The lowest BCUT2D eigenvalue weighted by atomic mass is 9.94. The van der Waals surface area contributed by atoms with Gasteiger partial charge in [0.1, 0.15) is 0 Å². The van der Waals surface area contributed by atoms with Crippen LogP contribution in [0.25, 0.3) is 11.1 Å². The number of fused-ring (bicyclic) bond motifs is 1. The van der Waals surface area contributed by atoms with Gasteiger partial charge in [-0.25, -0.2) is 0 Å². The summed E-state index contributed by atoms with van der Waals surface area (Å²) in [7, 11) is 0. The first-order chi connectivity index (χ1) is 18.2. The minimum absolute atomic E-state index is 0.0306. The van der Waals surface area contributed by atoms with E-state index in [9.17, 15) is 24.3 Å². The summed E-state index contributed by atoms with van der Waals surface area (Å²) in [5.41, 5.74) is 3.43. The molecule has 4 rings (SSSR count). The van der Waals surface area contributed by atoms with E-state index < -0.39 is 30.0 Å². The van der Waals surface area contributed by atoms with Crippen molar-refractivity contribution in [2.45, 2.75) is 25.6 Å². The minimum Gasteiger partial charge on any atom is -0.481 e. The second-order valence-corrected chi connectivity index (χ2v) is 8.90. The molecule has 192 valence electrons. The number of carbonyl (C=O) groups excluding carboxylic acids is 3. The van der Waals surface area contributed by atoms with Crippen LogP contribution in [0.15, 0.2) is 72.8 Å². The van der Waals surface area contributed by atoms with Crippen LogP contribution in [0.3, 0.4) is 0 Å². The van der Waals surface area contributed by atoms with Crippen molar-refractivity contribution in [1.82, 2.24) is 4.90 Å². The Morgan fingerprint density at radius 1 is 0.816 bits per heavy atom. The van der Waals surface area contributed by atoms with E-state index in [1.807, 2.05) is 12.1 Å². The number of benzene rings is 3. The molecule has 1 atom stereocenters. The number of aliphatic carboxylic acids is 1. The van der Waals surface area contributed by atoms with Crippen LogP contribution >= 0.6 is 0 Å². The monoisotopic (exact) mass is 511 g/mol. The van der Waals surface area contributed by atoms with Gasteiger partial charge in [-0.1, -0.05) is 60.4 Å². The van der Waals surface area contributed by atoms with Crippen LogP contribution in [0.1, 0.15) is 55.9 Å². The number of aliphatic hydroxyl groups excluding tert-OH is 1. The van der Waals surface area contributed by atoms with E-state index >= 15 is 0 Å². The Morgan fingerprint density at radius 3 is 1.89 bits per heavy atom. The molecule has 3 aromatic carbocycles. The molecule has 38 heavy (non-hydrogen) atoms. The van der Waals surface area contributed by atoms with E-state index in [2.05, 4.69) is 11.8 Å². The maximum absolute atomic E-state index is 12.8. The molecule has 1 heterocycles. The normalized spacial score (nSPS) is 13.2. The van der Waals surface area contributed by atoms with E-state index in [-0.39, 0.29) is 31.6 Å². The summed E-state index contributed by atoms with van der Waals surface area (Å²) in [6.45, 7) is -0.0868. The maximum atomic E-state index is 12.8. The third-order valence-corrected chi connectivity index (χ3v) is 6.30. The van der Waals surface area contributed by atoms with Crippen LogP contribution in [0.5, 0.6) is 0 Å². The molecule has 3 aromatic rings. The highest BCUT2D eigenvalue weighted by Crippen LogP contribution is 2.25. The number of carbonyl (C=O) groups is 4. The van der Waals surface area contributed by atoms with Gasteiger partial charge in [0.25, 0.3) is 11.8 Å². The maximum Gasteiger partial charge on any atom is 0.307 e. The largest absolute Gasteiger partial charge is 0.481 e. The van der Waals surface area contributed by atoms with Crippen molar-refractivity contribution in [1.29, 1.82) is 0 Å². The summed E-state index contributed by atoms with van der Waals surface area (Å²) < 4.78 is 0. The predicted molar refractivity (Wildman–Crippen MR) is 138 cm³/mol. The minimum atomic E-state index is -1.47. The van der Waals surface area contributed by atoms with Gasteiger partial charge in [-0.2, -0.15) is 0 Å². The van der Waals surface area contributed by atoms with Crippen LogP contribution in [0.4, 0.5) is 0 Å². The molecule has 0 aromatic heterocycles. The zero-order valence-corrected chi connectivity index (χ0v) is 20.3. The molecular weight excluding hydrogens is 486 g/mol. The molecule has 1 aliphatic rings. The molecule has 1 unspecified atom stereocenters. The summed E-state index contributed by atoms with van der Waals surface area (Å²) in [5, 5.41) is 27.4. The molecule has 0 aliphatic carbocycles. The number of hydrogen-bond acceptors (Lipinski definition) is 6. The van der Waals surface area contributed by atoms with Crippen molar-refractivity contribution in [3.8, 4) is 23.0 Å². The van der Waals surface area contributed by atoms with E-state index in [1.165, 1.54) is 0 Å². The molecule has 0 radical (unpaired) electrons. The van der Waals surface area contributed by atoms with Crippen LogP contribution < -0.4 is 0 Å². The zero-order chi connectivity index (χ0) is 27.2. The van der Waals surface area contributed by atoms with E-state index in [1.54, 1.807) is 60.7 Å². The summed E-state index contributed by atoms with van der Waals surface area (Å²) in [4.78, 5) is 50.8. The average molecular weight is 512 g/mol. The molecule has 3 N–H and O–H groups in total. The fourth-order valence-electron chi connectivity index (χ4n) is 4.22. The first-order valence-corrected chi connectivity index (χ1v) is 12.0. The summed E-state index contributed by atoms with van der Waals surface area (Å²) in [6.07, 6.45) is -1.79. The topological polar surface area (TPSA) is 132 Å². The highest BCUT2D eigenvalue weighted by Gasteiger charge is 2.36. The Balaban J connectivity index is 1.37. The number of ketones is 1. The average Bonchev–Trinajstić information content (AvgIpc) is 3.16.